The van der Waals surface area contributed by atoms with E-state index in [-0.39, 0.29) is 5.75 Å². The molecule has 0 unspecified atom stereocenters. The van der Waals surface area contributed by atoms with Crippen molar-refractivity contribution in [3.05, 3.63) is 35.4 Å². The summed E-state index contributed by atoms with van der Waals surface area (Å²) in [4.78, 5) is 0. The molecule has 1 aromatic rings. The molecule has 0 aliphatic carbocycles. The molecule has 4 nitrogen and oxygen atoms in total. The van der Waals surface area contributed by atoms with E-state index in [1.54, 1.807) is 0 Å². The molecule has 0 saturated carbocycles. The van der Waals surface area contributed by atoms with E-state index < -0.39 is 10.0 Å². The highest BCUT2D eigenvalue weighted by Gasteiger charge is 2.10. The van der Waals surface area contributed by atoms with Crippen LogP contribution in [0, 0.1) is 0 Å². The summed E-state index contributed by atoms with van der Waals surface area (Å²) in [5, 5.41) is 3.04. The van der Waals surface area contributed by atoms with E-state index in [4.69, 9.17) is 0 Å². The molecule has 17 heavy (non-hydrogen) atoms. The second-order valence-electron chi connectivity index (χ2n) is 4.00. The van der Waals surface area contributed by atoms with E-state index in [9.17, 15) is 8.42 Å². The molecular formula is C12H20N2O2S. The molecule has 0 spiro atoms. The summed E-state index contributed by atoms with van der Waals surface area (Å²) in [6.07, 6.45) is 0.805. The lowest BCUT2D eigenvalue weighted by molar-refractivity contribution is 0.580. The van der Waals surface area contributed by atoms with Crippen LogP contribution in [0.25, 0.3) is 0 Å². The third-order valence-electron chi connectivity index (χ3n) is 2.30. The minimum Gasteiger partial charge on any atom is -0.316 e. The standard InChI is InChI=1S/C12H20N2O2S/c1-3-7-14-17(15,16)10-12-6-4-5-11(8-12)9-13-2/h4-6,8,13-14H,3,7,9-10H2,1-2H3. The number of hydrogen-bond donors (Lipinski definition) is 2. The summed E-state index contributed by atoms with van der Waals surface area (Å²) in [5.74, 6) is 0.0462. The third-order valence-corrected chi connectivity index (χ3v) is 3.66. The van der Waals surface area contributed by atoms with Gasteiger partial charge in [0, 0.05) is 13.1 Å². The van der Waals surface area contributed by atoms with Gasteiger partial charge >= 0.3 is 0 Å². The zero-order valence-electron chi connectivity index (χ0n) is 10.4. The Hall–Kier alpha value is -0.910. The van der Waals surface area contributed by atoms with Crippen molar-refractivity contribution in [1.82, 2.24) is 10.0 Å². The summed E-state index contributed by atoms with van der Waals surface area (Å²) < 4.78 is 26.0. The summed E-state index contributed by atoms with van der Waals surface area (Å²) in [6.45, 7) is 3.19. The van der Waals surface area contributed by atoms with Crippen LogP contribution < -0.4 is 10.0 Å². The van der Waals surface area contributed by atoms with Crippen LogP contribution in [0.3, 0.4) is 0 Å². The van der Waals surface area contributed by atoms with Crippen LogP contribution in [0.15, 0.2) is 24.3 Å². The lowest BCUT2D eigenvalue weighted by Gasteiger charge is -2.07. The van der Waals surface area contributed by atoms with Gasteiger partial charge in [-0.2, -0.15) is 0 Å². The van der Waals surface area contributed by atoms with Crippen molar-refractivity contribution in [1.29, 1.82) is 0 Å². The molecule has 2 N–H and O–H groups in total. The molecule has 0 atom stereocenters. The van der Waals surface area contributed by atoms with Gasteiger partial charge in [-0.15, -0.1) is 0 Å². The molecule has 0 saturated heterocycles. The van der Waals surface area contributed by atoms with Gasteiger partial charge in [0.1, 0.15) is 0 Å². The predicted octanol–water partition coefficient (Wildman–Crippen LogP) is 1.24. The summed E-state index contributed by atoms with van der Waals surface area (Å²) in [5.41, 5.74) is 1.91. The number of sulfonamides is 1. The maximum Gasteiger partial charge on any atom is 0.215 e. The molecule has 96 valence electrons. The zero-order chi connectivity index (χ0) is 12.7. The first-order valence-corrected chi connectivity index (χ1v) is 7.42. The number of benzene rings is 1. The summed E-state index contributed by atoms with van der Waals surface area (Å²) in [6, 6.07) is 7.62. The van der Waals surface area contributed by atoms with Gasteiger partial charge in [0.15, 0.2) is 0 Å². The zero-order valence-corrected chi connectivity index (χ0v) is 11.2. The fraction of sp³-hybridized carbons (Fsp3) is 0.500. The Kier molecular flexibility index (Phi) is 5.61. The number of rotatable bonds is 7. The first kappa shape index (κ1) is 14.2. The minimum absolute atomic E-state index is 0.0462. The maximum absolute atomic E-state index is 11.7. The van der Waals surface area contributed by atoms with E-state index in [2.05, 4.69) is 10.0 Å². The minimum atomic E-state index is -3.20. The Morgan fingerprint density at radius 2 is 1.94 bits per heavy atom. The Morgan fingerprint density at radius 1 is 1.24 bits per heavy atom. The molecule has 0 aliphatic heterocycles. The Labute approximate surface area is 103 Å². The maximum atomic E-state index is 11.7. The van der Waals surface area contributed by atoms with Gasteiger partial charge in [-0.25, -0.2) is 13.1 Å². The van der Waals surface area contributed by atoms with Crippen molar-refractivity contribution >= 4 is 10.0 Å². The first-order valence-electron chi connectivity index (χ1n) is 5.77. The van der Waals surface area contributed by atoms with Gasteiger partial charge in [0.25, 0.3) is 0 Å². The van der Waals surface area contributed by atoms with Crippen LogP contribution in [0.2, 0.25) is 0 Å². The number of hydrogen-bond acceptors (Lipinski definition) is 3. The highest BCUT2D eigenvalue weighted by Crippen LogP contribution is 2.08. The van der Waals surface area contributed by atoms with Crippen molar-refractivity contribution in [3.63, 3.8) is 0 Å². The van der Waals surface area contributed by atoms with E-state index in [0.717, 1.165) is 24.1 Å². The smallest absolute Gasteiger partial charge is 0.215 e. The molecule has 0 heterocycles. The monoisotopic (exact) mass is 256 g/mol. The molecule has 5 heteroatoms. The van der Waals surface area contributed by atoms with Gasteiger partial charge in [0.05, 0.1) is 5.75 Å². The molecule has 0 aliphatic rings. The van der Waals surface area contributed by atoms with Gasteiger partial charge in [-0.05, 0) is 24.6 Å². The lowest BCUT2D eigenvalue weighted by atomic mass is 10.1. The molecule has 1 rings (SSSR count). The second-order valence-corrected chi connectivity index (χ2v) is 5.81. The van der Waals surface area contributed by atoms with Crippen LogP contribution in [-0.4, -0.2) is 22.0 Å². The molecule has 0 aromatic heterocycles. The summed E-state index contributed by atoms with van der Waals surface area (Å²) in [7, 11) is -1.33. The SMILES string of the molecule is CCCNS(=O)(=O)Cc1cccc(CNC)c1. The lowest BCUT2D eigenvalue weighted by Crippen LogP contribution is -2.25. The first-order chi connectivity index (χ1) is 8.07. The summed E-state index contributed by atoms with van der Waals surface area (Å²) >= 11 is 0. The predicted molar refractivity (Wildman–Crippen MR) is 70.1 cm³/mol. The highest BCUT2D eigenvalue weighted by molar-refractivity contribution is 7.88. The van der Waals surface area contributed by atoms with Crippen LogP contribution in [0.5, 0.6) is 0 Å². The molecule has 0 bridgehead atoms. The van der Waals surface area contributed by atoms with Crippen LogP contribution in [0.4, 0.5) is 0 Å². The van der Waals surface area contributed by atoms with Crippen molar-refractivity contribution in [2.24, 2.45) is 0 Å². The highest BCUT2D eigenvalue weighted by atomic mass is 32.2. The fourth-order valence-electron chi connectivity index (χ4n) is 1.56. The van der Waals surface area contributed by atoms with Crippen molar-refractivity contribution in [3.8, 4) is 0 Å². The molecule has 0 amide bonds. The van der Waals surface area contributed by atoms with Crippen LogP contribution in [-0.2, 0) is 22.3 Å². The third kappa shape index (κ3) is 5.30. The normalized spacial score (nSPS) is 11.6. The number of nitrogens with one attached hydrogen (secondary N) is 2. The second kappa shape index (κ2) is 6.74. The van der Waals surface area contributed by atoms with E-state index in [1.165, 1.54) is 0 Å². The Balaban J connectivity index is 2.70. The van der Waals surface area contributed by atoms with E-state index in [1.807, 2.05) is 38.2 Å². The van der Waals surface area contributed by atoms with E-state index in [0.29, 0.717) is 6.54 Å². The van der Waals surface area contributed by atoms with Gasteiger partial charge in [-0.3, -0.25) is 0 Å². The molecular weight excluding hydrogens is 236 g/mol. The fourth-order valence-corrected chi connectivity index (χ4v) is 2.80. The van der Waals surface area contributed by atoms with Gasteiger partial charge in [0.2, 0.25) is 10.0 Å². The Morgan fingerprint density at radius 3 is 2.59 bits per heavy atom. The largest absolute Gasteiger partial charge is 0.316 e. The quantitative estimate of drug-likeness (QED) is 0.771. The van der Waals surface area contributed by atoms with E-state index >= 15 is 0 Å². The van der Waals surface area contributed by atoms with Gasteiger partial charge in [-0.1, -0.05) is 31.2 Å². The van der Waals surface area contributed by atoms with Crippen molar-refractivity contribution in [2.45, 2.75) is 25.6 Å². The van der Waals surface area contributed by atoms with Gasteiger partial charge < -0.3 is 5.32 Å². The molecule has 0 radical (unpaired) electrons. The van der Waals surface area contributed by atoms with Crippen molar-refractivity contribution in [2.75, 3.05) is 13.6 Å². The van der Waals surface area contributed by atoms with Crippen LogP contribution in [0.1, 0.15) is 24.5 Å². The molecule has 0 fully saturated rings. The molecule has 1 aromatic carbocycles. The average Bonchev–Trinajstić information content (AvgIpc) is 2.27. The topological polar surface area (TPSA) is 58.2 Å². The van der Waals surface area contributed by atoms with Crippen LogP contribution >= 0.6 is 0 Å². The average molecular weight is 256 g/mol. The van der Waals surface area contributed by atoms with Crippen molar-refractivity contribution < 1.29 is 8.42 Å². The Bertz CT molecular complexity index is 444.